The summed E-state index contributed by atoms with van der Waals surface area (Å²) in [6.07, 6.45) is 0.612. The van der Waals surface area contributed by atoms with Crippen LogP contribution in [0.15, 0.2) is 77.0 Å². The zero-order valence-electron chi connectivity index (χ0n) is 18.1. The van der Waals surface area contributed by atoms with Gasteiger partial charge in [-0.15, -0.1) is 11.3 Å². The highest BCUT2D eigenvalue weighted by molar-refractivity contribution is 7.89. The first kappa shape index (κ1) is 23.6. The van der Waals surface area contributed by atoms with Crippen LogP contribution in [0.1, 0.15) is 22.9 Å². The maximum absolute atomic E-state index is 13.2. The molecule has 2 aromatic carbocycles. The molecule has 6 nitrogen and oxygen atoms in total. The van der Waals surface area contributed by atoms with Gasteiger partial charge in [-0.25, -0.2) is 12.8 Å². The van der Waals surface area contributed by atoms with Crippen LogP contribution in [0.2, 0.25) is 0 Å². The van der Waals surface area contributed by atoms with Gasteiger partial charge in [0.1, 0.15) is 5.82 Å². The molecule has 33 heavy (non-hydrogen) atoms. The lowest BCUT2D eigenvalue weighted by Crippen LogP contribution is -2.41. The monoisotopic (exact) mass is 487 g/mol. The van der Waals surface area contributed by atoms with E-state index >= 15 is 0 Å². The van der Waals surface area contributed by atoms with E-state index in [1.54, 1.807) is 11.3 Å². The smallest absolute Gasteiger partial charge is 0.243 e. The Kier molecular flexibility index (Phi) is 7.54. The molecule has 1 aromatic heterocycles. The van der Waals surface area contributed by atoms with Crippen LogP contribution in [0, 0.1) is 5.82 Å². The molecule has 0 bridgehead atoms. The highest BCUT2D eigenvalue weighted by Gasteiger charge is 2.28. The third kappa shape index (κ3) is 5.86. The number of halogens is 1. The predicted molar refractivity (Wildman–Crippen MR) is 127 cm³/mol. The van der Waals surface area contributed by atoms with E-state index in [9.17, 15) is 17.6 Å². The highest BCUT2D eigenvalue weighted by Crippen LogP contribution is 2.26. The Hall–Kier alpha value is -2.59. The molecule has 4 rings (SSSR count). The Balaban J connectivity index is 1.38. The normalized spacial score (nSPS) is 16.8. The van der Waals surface area contributed by atoms with Gasteiger partial charge in [-0.2, -0.15) is 4.31 Å². The lowest BCUT2D eigenvalue weighted by molar-refractivity contribution is -0.122. The maximum Gasteiger partial charge on any atom is 0.243 e. The second kappa shape index (κ2) is 10.6. The second-order valence-electron chi connectivity index (χ2n) is 7.91. The SMILES string of the molecule is O=C(CN1CCCN(S(=O)(=O)c2ccc(F)cc2)CC1)N[C@H](c1ccccc1)c1cccs1. The van der Waals surface area contributed by atoms with E-state index in [2.05, 4.69) is 5.32 Å². The molecule has 0 radical (unpaired) electrons. The first-order chi connectivity index (χ1) is 15.9. The van der Waals surface area contributed by atoms with Gasteiger partial charge in [0.2, 0.25) is 15.9 Å². The van der Waals surface area contributed by atoms with Crippen LogP contribution in [0.5, 0.6) is 0 Å². The molecule has 3 aromatic rings. The molecule has 0 aliphatic carbocycles. The molecule has 9 heteroatoms. The minimum absolute atomic E-state index is 0.0803. The van der Waals surface area contributed by atoms with Crippen molar-refractivity contribution < 1.29 is 17.6 Å². The molecule has 1 aliphatic rings. The average molecular weight is 488 g/mol. The van der Waals surface area contributed by atoms with Gasteiger partial charge < -0.3 is 5.32 Å². The summed E-state index contributed by atoms with van der Waals surface area (Å²) in [5, 5.41) is 5.13. The number of carbonyl (C=O) groups excluding carboxylic acids is 1. The van der Waals surface area contributed by atoms with Crippen molar-refractivity contribution in [3.63, 3.8) is 0 Å². The van der Waals surface area contributed by atoms with E-state index in [0.717, 1.165) is 22.6 Å². The largest absolute Gasteiger partial charge is 0.343 e. The van der Waals surface area contributed by atoms with Crippen LogP contribution in [-0.2, 0) is 14.8 Å². The van der Waals surface area contributed by atoms with Gasteiger partial charge in [0.15, 0.2) is 0 Å². The van der Waals surface area contributed by atoms with Crippen LogP contribution in [0.25, 0.3) is 0 Å². The molecule has 174 valence electrons. The minimum Gasteiger partial charge on any atom is -0.343 e. The Morgan fingerprint density at radius 1 is 0.970 bits per heavy atom. The standard InChI is InChI=1S/C24H26FN3O3S2/c25-20-9-11-21(12-10-20)33(30,31)28-14-5-13-27(15-16-28)18-23(29)26-24(22-8-4-17-32-22)19-6-2-1-3-7-19/h1-4,6-12,17,24H,5,13-16,18H2,(H,26,29)/t24-/m1/s1. The van der Waals surface area contributed by atoms with Gasteiger partial charge >= 0.3 is 0 Å². The fraction of sp³-hybridized carbons (Fsp3) is 0.292. The lowest BCUT2D eigenvalue weighted by Gasteiger charge is -2.23. The number of hydrogen-bond acceptors (Lipinski definition) is 5. The molecule has 1 N–H and O–H groups in total. The van der Waals surface area contributed by atoms with Crippen LogP contribution < -0.4 is 5.32 Å². The zero-order chi connectivity index (χ0) is 23.3. The van der Waals surface area contributed by atoms with Crippen molar-refractivity contribution >= 4 is 27.3 Å². The van der Waals surface area contributed by atoms with Gasteiger partial charge in [-0.05, 0) is 54.2 Å². The van der Waals surface area contributed by atoms with Crippen molar-refractivity contribution in [3.8, 4) is 0 Å². The summed E-state index contributed by atoms with van der Waals surface area (Å²) in [4.78, 5) is 16.0. The van der Waals surface area contributed by atoms with Crippen molar-refractivity contribution in [2.45, 2.75) is 17.4 Å². The number of rotatable bonds is 7. The van der Waals surface area contributed by atoms with E-state index < -0.39 is 15.8 Å². The number of nitrogens with zero attached hydrogens (tertiary/aromatic N) is 2. The van der Waals surface area contributed by atoms with Gasteiger partial charge in [0.25, 0.3) is 0 Å². The number of amides is 1. The van der Waals surface area contributed by atoms with Gasteiger partial charge in [-0.3, -0.25) is 9.69 Å². The van der Waals surface area contributed by atoms with Crippen molar-refractivity contribution in [1.82, 2.24) is 14.5 Å². The fourth-order valence-electron chi connectivity index (χ4n) is 3.93. The van der Waals surface area contributed by atoms with Crippen molar-refractivity contribution in [2.75, 3.05) is 32.7 Å². The first-order valence-corrected chi connectivity index (χ1v) is 13.1. The van der Waals surface area contributed by atoms with Gasteiger partial charge in [0, 0.05) is 24.5 Å². The molecule has 0 saturated carbocycles. The zero-order valence-corrected chi connectivity index (χ0v) is 19.7. The summed E-state index contributed by atoms with van der Waals surface area (Å²) in [5.41, 5.74) is 1.01. The van der Waals surface area contributed by atoms with Crippen molar-refractivity contribution in [3.05, 3.63) is 88.4 Å². The first-order valence-electron chi connectivity index (χ1n) is 10.8. The molecule has 2 heterocycles. The van der Waals surface area contributed by atoms with Crippen molar-refractivity contribution in [2.24, 2.45) is 0 Å². The Morgan fingerprint density at radius 3 is 2.42 bits per heavy atom. The van der Waals surface area contributed by atoms with Crippen molar-refractivity contribution in [1.29, 1.82) is 0 Å². The third-order valence-electron chi connectivity index (χ3n) is 5.63. The summed E-state index contributed by atoms with van der Waals surface area (Å²) in [6.45, 7) is 1.90. The van der Waals surface area contributed by atoms with Gasteiger partial charge in [0.05, 0.1) is 17.5 Å². The van der Waals surface area contributed by atoms with E-state index in [1.807, 2.05) is 52.7 Å². The van der Waals surface area contributed by atoms with E-state index in [1.165, 1.54) is 16.4 Å². The summed E-state index contributed by atoms with van der Waals surface area (Å²) >= 11 is 1.59. The number of benzene rings is 2. The molecule has 1 fully saturated rings. The second-order valence-corrected chi connectivity index (χ2v) is 10.8. The lowest BCUT2D eigenvalue weighted by atomic mass is 10.1. The molecule has 0 spiro atoms. The molecule has 1 saturated heterocycles. The summed E-state index contributed by atoms with van der Waals surface area (Å²) in [7, 11) is -3.70. The number of sulfonamides is 1. The molecule has 1 amide bonds. The number of thiophene rings is 1. The Bertz CT molecular complexity index is 1150. The van der Waals surface area contributed by atoms with Crippen LogP contribution in [0.4, 0.5) is 4.39 Å². The average Bonchev–Trinajstić information content (AvgIpc) is 3.24. The summed E-state index contributed by atoms with van der Waals surface area (Å²) in [6, 6.07) is 18.5. The maximum atomic E-state index is 13.2. The fourth-order valence-corrected chi connectivity index (χ4v) is 6.20. The van der Waals surface area contributed by atoms with E-state index in [4.69, 9.17) is 0 Å². The third-order valence-corrected chi connectivity index (χ3v) is 8.48. The predicted octanol–water partition coefficient (Wildman–Crippen LogP) is 3.49. The summed E-state index contributed by atoms with van der Waals surface area (Å²) in [5.74, 6) is -0.578. The molecule has 1 atom stereocenters. The molecule has 1 aliphatic heterocycles. The molecular weight excluding hydrogens is 461 g/mol. The molecule has 0 unspecified atom stereocenters. The van der Waals surface area contributed by atoms with E-state index in [-0.39, 0.29) is 29.9 Å². The number of carbonyl (C=O) groups is 1. The minimum atomic E-state index is -3.70. The van der Waals surface area contributed by atoms with E-state index in [0.29, 0.717) is 26.1 Å². The topological polar surface area (TPSA) is 69.7 Å². The quantitative estimate of drug-likeness (QED) is 0.554. The summed E-state index contributed by atoms with van der Waals surface area (Å²) < 4.78 is 40.4. The van der Waals surface area contributed by atoms with Crippen LogP contribution >= 0.6 is 11.3 Å². The van der Waals surface area contributed by atoms with Crippen LogP contribution in [0.3, 0.4) is 0 Å². The van der Waals surface area contributed by atoms with Gasteiger partial charge in [-0.1, -0.05) is 36.4 Å². The molecular formula is C24H26FN3O3S2. The highest BCUT2D eigenvalue weighted by atomic mass is 32.2. The Morgan fingerprint density at radius 2 is 1.73 bits per heavy atom. The number of hydrogen-bond donors (Lipinski definition) is 1. The number of nitrogens with one attached hydrogen (secondary N) is 1. The van der Waals surface area contributed by atoms with Crippen LogP contribution in [-0.4, -0.2) is 56.3 Å². The Labute approximate surface area is 197 Å².